The summed E-state index contributed by atoms with van der Waals surface area (Å²) in [6.07, 6.45) is 1.21. The number of benzene rings is 3. The summed E-state index contributed by atoms with van der Waals surface area (Å²) in [6, 6.07) is 19.3. The standard InChI is InChI=1S/C20H13Cl2N3O2S/c21-16-8-5-14(6-9-16)18-19(22)23-12-24-20(18)25-28(26,27)17-10-7-13-3-1-2-4-15(13)11-17/h1-12H,(H,23,24,25). The van der Waals surface area contributed by atoms with E-state index in [2.05, 4.69) is 14.7 Å². The third kappa shape index (κ3) is 3.67. The Morgan fingerprint density at radius 2 is 1.54 bits per heavy atom. The van der Waals surface area contributed by atoms with Crippen LogP contribution in [0.15, 0.2) is 78.0 Å². The maximum Gasteiger partial charge on any atom is 0.263 e. The molecular formula is C20H13Cl2N3O2S. The van der Waals surface area contributed by atoms with Gasteiger partial charge in [0.25, 0.3) is 10.0 Å². The van der Waals surface area contributed by atoms with E-state index in [0.29, 0.717) is 16.1 Å². The fourth-order valence-electron chi connectivity index (χ4n) is 2.83. The number of rotatable bonds is 4. The van der Waals surface area contributed by atoms with Crippen molar-refractivity contribution in [1.82, 2.24) is 9.97 Å². The molecule has 5 nitrogen and oxygen atoms in total. The van der Waals surface area contributed by atoms with E-state index in [9.17, 15) is 8.42 Å². The first kappa shape index (κ1) is 18.7. The molecule has 140 valence electrons. The number of fused-ring (bicyclic) bond motifs is 1. The fourth-order valence-corrected chi connectivity index (χ4v) is 4.26. The van der Waals surface area contributed by atoms with Crippen LogP contribution in [0.2, 0.25) is 10.2 Å². The van der Waals surface area contributed by atoms with Gasteiger partial charge in [0.05, 0.1) is 10.5 Å². The number of anilines is 1. The average Bonchev–Trinajstić information content (AvgIpc) is 2.68. The quantitative estimate of drug-likeness (QED) is 0.440. The van der Waals surface area contributed by atoms with E-state index in [1.165, 1.54) is 6.33 Å². The predicted molar refractivity (Wildman–Crippen MR) is 112 cm³/mol. The second-order valence-corrected chi connectivity index (χ2v) is 8.49. The largest absolute Gasteiger partial charge is 0.263 e. The molecule has 0 aliphatic heterocycles. The third-order valence-electron chi connectivity index (χ3n) is 4.20. The Bertz CT molecular complexity index is 1280. The second-order valence-electron chi connectivity index (χ2n) is 6.01. The van der Waals surface area contributed by atoms with Gasteiger partial charge in [0.1, 0.15) is 11.5 Å². The summed E-state index contributed by atoms with van der Waals surface area (Å²) in [7, 11) is -3.89. The number of hydrogen-bond donors (Lipinski definition) is 1. The Labute approximate surface area is 172 Å². The second kappa shape index (κ2) is 7.39. The van der Waals surface area contributed by atoms with Gasteiger partial charge in [-0.2, -0.15) is 0 Å². The van der Waals surface area contributed by atoms with Crippen molar-refractivity contribution in [3.05, 3.63) is 83.2 Å². The third-order valence-corrected chi connectivity index (χ3v) is 6.07. The van der Waals surface area contributed by atoms with Crippen molar-refractivity contribution >= 4 is 49.8 Å². The molecule has 1 N–H and O–H groups in total. The Hall–Kier alpha value is -2.67. The fraction of sp³-hybridized carbons (Fsp3) is 0. The van der Waals surface area contributed by atoms with Crippen LogP contribution in [-0.2, 0) is 10.0 Å². The summed E-state index contributed by atoms with van der Waals surface area (Å²) >= 11 is 12.2. The molecule has 3 aromatic carbocycles. The lowest BCUT2D eigenvalue weighted by Gasteiger charge is -2.13. The first-order chi connectivity index (χ1) is 13.4. The van der Waals surface area contributed by atoms with E-state index in [0.717, 1.165) is 10.8 Å². The Morgan fingerprint density at radius 3 is 2.29 bits per heavy atom. The highest BCUT2D eigenvalue weighted by Gasteiger charge is 2.20. The lowest BCUT2D eigenvalue weighted by Crippen LogP contribution is -2.15. The SMILES string of the molecule is O=S(=O)(Nc1ncnc(Cl)c1-c1ccc(Cl)cc1)c1ccc2ccccc2c1. The molecule has 8 heteroatoms. The van der Waals surface area contributed by atoms with E-state index in [1.54, 1.807) is 42.5 Å². The molecule has 28 heavy (non-hydrogen) atoms. The van der Waals surface area contributed by atoms with Crippen molar-refractivity contribution in [1.29, 1.82) is 0 Å². The molecule has 0 fully saturated rings. The van der Waals surface area contributed by atoms with Crippen LogP contribution >= 0.6 is 23.2 Å². The van der Waals surface area contributed by atoms with Gasteiger partial charge in [-0.15, -0.1) is 0 Å². The number of sulfonamides is 1. The normalized spacial score (nSPS) is 11.5. The van der Waals surface area contributed by atoms with Crippen LogP contribution in [0.5, 0.6) is 0 Å². The maximum atomic E-state index is 13.0. The minimum absolute atomic E-state index is 0.0930. The Balaban J connectivity index is 1.77. The van der Waals surface area contributed by atoms with E-state index in [-0.39, 0.29) is 15.9 Å². The number of hydrogen-bond acceptors (Lipinski definition) is 4. The molecule has 1 aromatic heterocycles. The van der Waals surface area contributed by atoms with Gasteiger partial charge in [0.15, 0.2) is 5.82 Å². The van der Waals surface area contributed by atoms with E-state index in [4.69, 9.17) is 23.2 Å². The van der Waals surface area contributed by atoms with E-state index in [1.807, 2.05) is 24.3 Å². The van der Waals surface area contributed by atoms with Crippen LogP contribution in [0.3, 0.4) is 0 Å². The van der Waals surface area contributed by atoms with Crippen LogP contribution in [-0.4, -0.2) is 18.4 Å². The highest BCUT2D eigenvalue weighted by molar-refractivity contribution is 7.92. The van der Waals surface area contributed by atoms with E-state index >= 15 is 0 Å². The van der Waals surface area contributed by atoms with Gasteiger partial charge in [-0.1, -0.05) is 65.7 Å². The van der Waals surface area contributed by atoms with Gasteiger partial charge in [0.2, 0.25) is 0 Å². The van der Waals surface area contributed by atoms with Gasteiger partial charge in [-0.3, -0.25) is 4.72 Å². The molecule has 4 aromatic rings. The molecule has 0 saturated heterocycles. The first-order valence-corrected chi connectivity index (χ1v) is 10.5. The summed E-state index contributed by atoms with van der Waals surface area (Å²) in [6.45, 7) is 0. The molecule has 4 rings (SSSR count). The number of halogens is 2. The van der Waals surface area contributed by atoms with Crippen molar-refractivity contribution in [3.63, 3.8) is 0 Å². The molecule has 0 atom stereocenters. The molecule has 0 spiro atoms. The van der Waals surface area contributed by atoms with Crippen LogP contribution in [0.4, 0.5) is 5.82 Å². The number of aromatic nitrogens is 2. The highest BCUT2D eigenvalue weighted by Crippen LogP contribution is 2.34. The molecule has 0 saturated carbocycles. The van der Waals surface area contributed by atoms with Crippen molar-refractivity contribution in [2.24, 2.45) is 0 Å². The number of nitrogens with one attached hydrogen (secondary N) is 1. The Morgan fingerprint density at radius 1 is 0.821 bits per heavy atom. The minimum atomic E-state index is -3.89. The summed E-state index contributed by atoms with van der Waals surface area (Å²) in [5, 5.41) is 2.46. The number of nitrogens with zero attached hydrogens (tertiary/aromatic N) is 2. The minimum Gasteiger partial charge on any atom is -0.263 e. The molecule has 0 amide bonds. The smallest absolute Gasteiger partial charge is 0.263 e. The summed E-state index contributed by atoms with van der Waals surface area (Å²) in [4.78, 5) is 8.19. The zero-order valence-electron chi connectivity index (χ0n) is 14.3. The summed E-state index contributed by atoms with van der Waals surface area (Å²) < 4.78 is 28.4. The molecule has 1 heterocycles. The average molecular weight is 430 g/mol. The van der Waals surface area contributed by atoms with Gasteiger partial charge < -0.3 is 0 Å². The van der Waals surface area contributed by atoms with Gasteiger partial charge in [-0.05, 0) is 40.6 Å². The zero-order chi connectivity index (χ0) is 19.7. The van der Waals surface area contributed by atoms with Crippen molar-refractivity contribution < 1.29 is 8.42 Å². The lowest BCUT2D eigenvalue weighted by atomic mass is 10.1. The molecule has 0 aliphatic carbocycles. The maximum absolute atomic E-state index is 13.0. The molecule has 0 bridgehead atoms. The lowest BCUT2D eigenvalue weighted by molar-refractivity contribution is 0.601. The molecule has 0 unspecified atom stereocenters. The van der Waals surface area contributed by atoms with Gasteiger partial charge in [0, 0.05) is 5.02 Å². The molecule has 0 aliphatic rings. The van der Waals surface area contributed by atoms with Crippen molar-refractivity contribution in [2.75, 3.05) is 4.72 Å². The van der Waals surface area contributed by atoms with Crippen LogP contribution in [0, 0.1) is 0 Å². The summed E-state index contributed by atoms with van der Waals surface area (Å²) in [5.41, 5.74) is 1.02. The predicted octanol–water partition coefficient (Wildman–Crippen LogP) is 5.40. The highest BCUT2D eigenvalue weighted by atomic mass is 35.5. The zero-order valence-corrected chi connectivity index (χ0v) is 16.6. The topological polar surface area (TPSA) is 72.0 Å². The van der Waals surface area contributed by atoms with Crippen molar-refractivity contribution in [3.8, 4) is 11.1 Å². The monoisotopic (exact) mass is 429 g/mol. The van der Waals surface area contributed by atoms with Gasteiger partial charge >= 0.3 is 0 Å². The van der Waals surface area contributed by atoms with E-state index < -0.39 is 10.0 Å². The van der Waals surface area contributed by atoms with Crippen LogP contribution < -0.4 is 4.72 Å². The Kier molecular flexibility index (Phi) is 4.93. The van der Waals surface area contributed by atoms with Crippen LogP contribution in [0.25, 0.3) is 21.9 Å². The first-order valence-electron chi connectivity index (χ1n) is 8.22. The van der Waals surface area contributed by atoms with Gasteiger partial charge in [-0.25, -0.2) is 18.4 Å². The molecular weight excluding hydrogens is 417 g/mol. The molecule has 0 radical (unpaired) electrons. The van der Waals surface area contributed by atoms with Crippen molar-refractivity contribution in [2.45, 2.75) is 4.90 Å². The summed E-state index contributed by atoms with van der Waals surface area (Å²) in [5.74, 6) is 0.0930. The van der Waals surface area contributed by atoms with Crippen LogP contribution in [0.1, 0.15) is 0 Å².